The van der Waals surface area contributed by atoms with E-state index in [0.717, 1.165) is 11.1 Å². The molecule has 0 amide bonds. The Kier molecular flexibility index (Phi) is 3.95. The van der Waals surface area contributed by atoms with Crippen molar-refractivity contribution in [3.05, 3.63) is 24.3 Å². The molecule has 5 heteroatoms. The van der Waals surface area contributed by atoms with Gasteiger partial charge in [0.1, 0.15) is 5.52 Å². The highest BCUT2D eigenvalue weighted by atomic mass is 16.5. The summed E-state index contributed by atoms with van der Waals surface area (Å²) in [5.74, 6) is 0. The molecule has 2 N–H and O–H groups in total. The van der Waals surface area contributed by atoms with Gasteiger partial charge in [0.25, 0.3) is 6.01 Å². The molecule has 1 unspecified atom stereocenters. The lowest BCUT2D eigenvalue weighted by Gasteiger charge is -2.08. The highest BCUT2D eigenvalue weighted by Crippen LogP contribution is 2.17. The summed E-state index contributed by atoms with van der Waals surface area (Å²) in [6.07, 6.45) is 0.129. The molecule has 0 aliphatic rings. The van der Waals surface area contributed by atoms with Crippen molar-refractivity contribution in [2.45, 2.75) is 12.5 Å². The summed E-state index contributed by atoms with van der Waals surface area (Å²) >= 11 is 0. The van der Waals surface area contributed by atoms with E-state index < -0.39 is 6.10 Å². The molecule has 2 rings (SSSR count). The molecule has 1 aromatic carbocycles. The van der Waals surface area contributed by atoms with Gasteiger partial charge in [-0.2, -0.15) is 4.98 Å². The van der Waals surface area contributed by atoms with Crippen molar-refractivity contribution in [3.8, 4) is 0 Å². The summed E-state index contributed by atoms with van der Waals surface area (Å²) in [6, 6.07) is 8.06. The number of hydrogen-bond acceptors (Lipinski definition) is 5. The van der Waals surface area contributed by atoms with Crippen LogP contribution in [0.1, 0.15) is 6.42 Å². The maximum Gasteiger partial charge on any atom is 0.295 e. The average Bonchev–Trinajstić information content (AvgIpc) is 2.71. The summed E-state index contributed by atoms with van der Waals surface area (Å²) in [7, 11) is 1.57. The molecule has 1 aromatic heterocycles. The number of nitrogens with zero attached hydrogens (tertiary/aromatic N) is 1. The lowest BCUT2D eigenvalue weighted by molar-refractivity contribution is 0.0615. The Morgan fingerprint density at radius 1 is 1.47 bits per heavy atom. The molecule has 17 heavy (non-hydrogen) atoms. The number of aliphatic hydroxyl groups is 1. The summed E-state index contributed by atoms with van der Waals surface area (Å²) in [5, 5.41) is 12.5. The minimum Gasteiger partial charge on any atom is -0.424 e. The Balaban J connectivity index is 1.86. The van der Waals surface area contributed by atoms with Crippen LogP contribution in [0, 0.1) is 0 Å². The zero-order chi connectivity index (χ0) is 12.1. The molecule has 0 fully saturated rings. The molecule has 2 aromatic rings. The van der Waals surface area contributed by atoms with Crippen LogP contribution in [0.15, 0.2) is 28.7 Å². The van der Waals surface area contributed by atoms with Gasteiger partial charge in [-0.3, -0.25) is 0 Å². The van der Waals surface area contributed by atoms with E-state index in [2.05, 4.69) is 10.3 Å². The molecule has 0 saturated heterocycles. The van der Waals surface area contributed by atoms with Crippen LogP contribution >= 0.6 is 0 Å². The van der Waals surface area contributed by atoms with Crippen molar-refractivity contribution in [3.63, 3.8) is 0 Å². The van der Waals surface area contributed by atoms with Gasteiger partial charge in [-0.15, -0.1) is 0 Å². The molecular formula is C12H16N2O3. The van der Waals surface area contributed by atoms with Gasteiger partial charge in [0.15, 0.2) is 5.58 Å². The fraction of sp³-hybridized carbons (Fsp3) is 0.417. The van der Waals surface area contributed by atoms with Gasteiger partial charge in [-0.1, -0.05) is 12.1 Å². The number of para-hydroxylation sites is 2. The number of anilines is 1. The SMILES string of the molecule is COCC(O)CCNc1nc2ccccc2o1. The minimum absolute atomic E-state index is 0.342. The van der Waals surface area contributed by atoms with Crippen molar-refractivity contribution in [2.24, 2.45) is 0 Å². The number of oxazole rings is 1. The van der Waals surface area contributed by atoms with Crippen LogP contribution in [-0.4, -0.2) is 36.5 Å². The monoisotopic (exact) mass is 236 g/mol. The second kappa shape index (κ2) is 5.65. The first-order chi connectivity index (χ1) is 8.29. The van der Waals surface area contributed by atoms with Crippen LogP contribution in [0.2, 0.25) is 0 Å². The van der Waals surface area contributed by atoms with Gasteiger partial charge < -0.3 is 19.6 Å². The number of nitrogens with one attached hydrogen (secondary N) is 1. The molecule has 0 spiro atoms. The normalized spacial score (nSPS) is 12.8. The highest BCUT2D eigenvalue weighted by Gasteiger charge is 2.06. The molecule has 0 aliphatic heterocycles. The Morgan fingerprint density at radius 2 is 2.29 bits per heavy atom. The number of methoxy groups -OCH3 is 1. The lowest BCUT2D eigenvalue weighted by atomic mass is 10.3. The molecule has 5 nitrogen and oxygen atoms in total. The van der Waals surface area contributed by atoms with E-state index in [4.69, 9.17) is 9.15 Å². The molecule has 1 atom stereocenters. The van der Waals surface area contributed by atoms with Crippen molar-refractivity contribution < 1.29 is 14.3 Å². The maximum absolute atomic E-state index is 9.45. The second-order valence-corrected chi connectivity index (χ2v) is 3.81. The van der Waals surface area contributed by atoms with E-state index in [0.29, 0.717) is 25.6 Å². The summed E-state index contributed by atoms with van der Waals surface area (Å²) in [5.41, 5.74) is 1.58. The van der Waals surface area contributed by atoms with E-state index in [1.54, 1.807) is 7.11 Å². The second-order valence-electron chi connectivity index (χ2n) is 3.81. The number of hydrogen-bond donors (Lipinski definition) is 2. The molecular weight excluding hydrogens is 220 g/mol. The van der Waals surface area contributed by atoms with Crippen molar-refractivity contribution in [2.75, 3.05) is 25.6 Å². The molecule has 0 bridgehead atoms. The van der Waals surface area contributed by atoms with Crippen LogP contribution < -0.4 is 5.32 Å². The first-order valence-electron chi connectivity index (χ1n) is 5.56. The molecule has 92 valence electrons. The fourth-order valence-corrected chi connectivity index (χ4v) is 1.57. The van der Waals surface area contributed by atoms with E-state index in [9.17, 15) is 5.11 Å². The van der Waals surface area contributed by atoms with Crippen LogP contribution in [0.25, 0.3) is 11.1 Å². The molecule has 0 saturated carbocycles. The van der Waals surface area contributed by atoms with E-state index in [1.807, 2.05) is 24.3 Å². The largest absolute Gasteiger partial charge is 0.424 e. The van der Waals surface area contributed by atoms with Gasteiger partial charge in [-0.25, -0.2) is 0 Å². The summed E-state index contributed by atoms with van der Waals surface area (Å²) in [6.45, 7) is 0.937. The third kappa shape index (κ3) is 3.18. The van der Waals surface area contributed by atoms with Gasteiger partial charge in [0.2, 0.25) is 0 Å². The zero-order valence-electron chi connectivity index (χ0n) is 9.72. The number of rotatable bonds is 6. The Bertz CT molecular complexity index is 436. The molecule has 0 aliphatic carbocycles. The van der Waals surface area contributed by atoms with Crippen molar-refractivity contribution in [1.82, 2.24) is 4.98 Å². The number of ether oxygens (including phenoxy) is 1. The molecule has 0 radical (unpaired) electrons. The summed E-state index contributed by atoms with van der Waals surface area (Å²) < 4.78 is 10.3. The smallest absolute Gasteiger partial charge is 0.295 e. The summed E-state index contributed by atoms with van der Waals surface area (Å²) in [4.78, 5) is 4.26. The van der Waals surface area contributed by atoms with Crippen LogP contribution in [-0.2, 0) is 4.74 Å². The maximum atomic E-state index is 9.45. The van der Waals surface area contributed by atoms with Crippen molar-refractivity contribution >= 4 is 17.1 Å². The van der Waals surface area contributed by atoms with Gasteiger partial charge in [0, 0.05) is 13.7 Å². The first-order valence-corrected chi connectivity index (χ1v) is 5.56. The highest BCUT2D eigenvalue weighted by molar-refractivity contribution is 5.74. The van der Waals surface area contributed by atoms with Gasteiger partial charge >= 0.3 is 0 Å². The van der Waals surface area contributed by atoms with Crippen LogP contribution in [0.4, 0.5) is 6.01 Å². The van der Waals surface area contributed by atoms with E-state index >= 15 is 0 Å². The number of aliphatic hydroxyl groups excluding tert-OH is 1. The van der Waals surface area contributed by atoms with Crippen molar-refractivity contribution in [1.29, 1.82) is 0 Å². The number of fused-ring (bicyclic) bond motifs is 1. The predicted octanol–water partition coefficient (Wildman–Crippen LogP) is 1.64. The average molecular weight is 236 g/mol. The van der Waals surface area contributed by atoms with Crippen LogP contribution in [0.3, 0.4) is 0 Å². The minimum atomic E-state index is -0.461. The van der Waals surface area contributed by atoms with Gasteiger partial charge in [0.05, 0.1) is 12.7 Å². The third-order valence-electron chi connectivity index (χ3n) is 2.41. The third-order valence-corrected chi connectivity index (χ3v) is 2.41. The quantitative estimate of drug-likeness (QED) is 0.798. The molecule has 1 heterocycles. The number of benzene rings is 1. The van der Waals surface area contributed by atoms with E-state index in [1.165, 1.54) is 0 Å². The fourth-order valence-electron chi connectivity index (χ4n) is 1.57. The topological polar surface area (TPSA) is 67.5 Å². The Hall–Kier alpha value is -1.59. The van der Waals surface area contributed by atoms with Crippen LogP contribution in [0.5, 0.6) is 0 Å². The standard InChI is InChI=1S/C12H16N2O3/c1-16-8-9(15)6-7-13-12-14-10-4-2-3-5-11(10)17-12/h2-5,9,15H,6-8H2,1H3,(H,13,14). The van der Waals surface area contributed by atoms with E-state index in [-0.39, 0.29) is 0 Å². The van der Waals surface area contributed by atoms with Gasteiger partial charge in [-0.05, 0) is 18.6 Å². The lowest BCUT2D eigenvalue weighted by Crippen LogP contribution is -2.18. The Morgan fingerprint density at radius 3 is 3.06 bits per heavy atom. The number of aromatic nitrogens is 1. The predicted molar refractivity (Wildman–Crippen MR) is 65.0 cm³/mol. The Labute approximate surface area is 99.4 Å². The first kappa shape index (κ1) is 11.9. The zero-order valence-corrected chi connectivity index (χ0v) is 9.72.